The van der Waals surface area contributed by atoms with Crippen LogP contribution in [-0.4, -0.2) is 64.1 Å². The van der Waals surface area contributed by atoms with Gasteiger partial charge in [0.1, 0.15) is 5.82 Å². The van der Waals surface area contributed by atoms with Gasteiger partial charge in [0.25, 0.3) is 0 Å². The van der Waals surface area contributed by atoms with Crippen LogP contribution in [0.15, 0.2) is 47.7 Å². The minimum atomic E-state index is 0.710. The Kier molecular flexibility index (Phi) is 8.21. The summed E-state index contributed by atoms with van der Waals surface area (Å²) in [5.74, 6) is 2.96. The van der Waals surface area contributed by atoms with Crippen molar-refractivity contribution in [2.75, 3.05) is 32.7 Å². The lowest BCUT2D eigenvalue weighted by Gasteiger charge is -2.48. The van der Waals surface area contributed by atoms with Crippen molar-refractivity contribution in [1.29, 1.82) is 0 Å². The smallest absolute Gasteiger partial charge is 0.193 e. The van der Waals surface area contributed by atoms with Crippen LogP contribution in [0.25, 0.3) is 0 Å². The molecule has 1 N–H and O–H groups in total. The van der Waals surface area contributed by atoms with E-state index in [2.05, 4.69) is 75.0 Å². The van der Waals surface area contributed by atoms with Gasteiger partial charge in [-0.1, -0.05) is 30.3 Å². The molecule has 6 heteroatoms. The second kappa shape index (κ2) is 11.5. The Morgan fingerprint density at radius 3 is 2.81 bits per heavy atom. The molecule has 0 aliphatic carbocycles. The first-order chi connectivity index (χ1) is 15.7. The Morgan fingerprint density at radius 1 is 1.16 bits per heavy atom. The van der Waals surface area contributed by atoms with Gasteiger partial charge in [0.05, 0.1) is 0 Å². The van der Waals surface area contributed by atoms with E-state index in [1.54, 1.807) is 0 Å². The number of fused-ring (bicyclic) bond motifs is 1. The van der Waals surface area contributed by atoms with Crippen LogP contribution in [-0.2, 0) is 13.1 Å². The molecule has 2 aliphatic heterocycles. The molecule has 1 aromatic heterocycles. The molecule has 0 radical (unpaired) electrons. The zero-order chi connectivity index (χ0) is 22.2. The molecule has 0 saturated carbocycles. The van der Waals surface area contributed by atoms with E-state index in [0.717, 1.165) is 69.8 Å². The number of aromatic nitrogens is 2. The molecule has 0 bridgehead atoms. The number of guanidine groups is 1. The fourth-order valence-electron chi connectivity index (χ4n) is 5.36. The zero-order valence-electron chi connectivity index (χ0n) is 19.9. The third kappa shape index (κ3) is 5.91. The van der Waals surface area contributed by atoms with E-state index >= 15 is 0 Å². The Balaban J connectivity index is 1.29. The van der Waals surface area contributed by atoms with Crippen LogP contribution in [0.5, 0.6) is 0 Å². The number of aliphatic imine (C=N–C) groups is 1. The molecule has 0 spiro atoms. The number of rotatable bonds is 8. The first-order valence-corrected chi connectivity index (χ1v) is 12.5. The molecule has 2 unspecified atom stereocenters. The highest BCUT2D eigenvalue weighted by Gasteiger charge is 2.36. The van der Waals surface area contributed by atoms with Crippen molar-refractivity contribution in [3.05, 3.63) is 54.1 Å². The second-order valence-corrected chi connectivity index (χ2v) is 9.27. The highest BCUT2D eigenvalue weighted by atomic mass is 15.3. The second-order valence-electron chi connectivity index (χ2n) is 9.27. The summed E-state index contributed by atoms with van der Waals surface area (Å²) < 4.78 is 2.23. The minimum absolute atomic E-state index is 0.710. The number of piperidine rings is 2. The lowest BCUT2D eigenvalue weighted by Crippen LogP contribution is -2.56. The van der Waals surface area contributed by atoms with Gasteiger partial charge in [0.2, 0.25) is 0 Å². The first-order valence-electron chi connectivity index (χ1n) is 12.5. The van der Waals surface area contributed by atoms with Gasteiger partial charge in [-0.2, -0.15) is 0 Å². The van der Waals surface area contributed by atoms with Crippen molar-refractivity contribution in [2.24, 2.45) is 10.9 Å². The summed E-state index contributed by atoms with van der Waals surface area (Å²) in [5, 5.41) is 3.56. The SMILES string of the molecule is CCNC(=NCCCCn1ccnc1C)N1CCC2C(CCCN2Cc2ccccc2)C1. The monoisotopic (exact) mass is 436 g/mol. The number of imidazole rings is 1. The van der Waals surface area contributed by atoms with E-state index in [-0.39, 0.29) is 0 Å². The lowest BCUT2D eigenvalue weighted by molar-refractivity contribution is 0.0372. The van der Waals surface area contributed by atoms with Crippen molar-refractivity contribution in [2.45, 2.75) is 65.1 Å². The van der Waals surface area contributed by atoms with Gasteiger partial charge >= 0.3 is 0 Å². The van der Waals surface area contributed by atoms with Crippen LogP contribution in [0.3, 0.4) is 0 Å². The number of hydrogen-bond donors (Lipinski definition) is 1. The highest BCUT2D eigenvalue weighted by molar-refractivity contribution is 5.80. The number of nitrogens with one attached hydrogen (secondary N) is 1. The van der Waals surface area contributed by atoms with Crippen LogP contribution >= 0.6 is 0 Å². The predicted molar refractivity (Wildman–Crippen MR) is 132 cm³/mol. The summed E-state index contributed by atoms with van der Waals surface area (Å²) in [7, 11) is 0. The maximum atomic E-state index is 5.00. The van der Waals surface area contributed by atoms with Gasteiger partial charge in [-0.15, -0.1) is 0 Å². The van der Waals surface area contributed by atoms with E-state index in [9.17, 15) is 0 Å². The molecule has 4 rings (SSSR count). The summed E-state index contributed by atoms with van der Waals surface area (Å²) in [4.78, 5) is 14.6. The summed E-state index contributed by atoms with van der Waals surface area (Å²) in [6.45, 7) is 11.7. The number of nitrogens with zero attached hydrogens (tertiary/aromatic N) is 5. The van der Waals surface area contributed by atoms with E-state index in [1.165, 1.54) is 31.4 Å². The van der Waals surface area contributed by atoms with Gasteiger partial charge in [-0.05, 0) is 64.0 Å². The standard InChI is InChI=1S/C26H40N6/c1-3-27-26(29-14-7-8-16-30-19-15-28-22(30)2)32-18-13-25-24(21-32)12-9-17-31(25)20-23-10-5-4-6-11-23/h4-6,10-11,15,19,24-25H,3,7-9,12-14,16-18,20-21H2,1-2H3,(H,27,29). The Morgan fingerprint density at radius 2 is 2.03 bits per heavy atom. The van der Waals surface area contributed by atoms with Crippen molar-refractivity contribution < 1.29 is 0 Å². The normalized spacial score (nSPS) is 22.1. The predicted octanol–water partition coefficient (Wildman–Crippen LogP) is 3.92. The van der Waals surface area contributed by atoms with Crippen molar-refractivity contribution in [3.8, 4) is 0 Å². The lowest BCUT2D eigenvalue weighted by atomic mass is 9.83. The maximum Gasteiger partial charge on any atom is 0.193 e. The van der Waals surface area contributed by atoms with E-state index in [4.69, 9.17) is 4.99 Å². The Labute approximate surface area is 193 Å². The van der Waals surface area contributed by atoms with Gasteiger partial charge in [-0.25, -0.2) is 4.98 Å². The summed E-state index contributed by atoms with van der Waals surface area (Å²) in [6, 6.07) is 11.7. The molecule has 32 heavy (non-hydrogen) atoms. The average molecular weight is 437 g/mol. The van der Waals surface area contributed by atoms with E-state index in [1.807, 2.05) is 6.20 Å². The summed E-state index contributed by atoms with van der Waals surface area (Å²) >= 11 is 0. The largest absolute Gasteiger partial charge is 0.357 e. The molecule has 1 aromatic carbocycles. The summed E-state index contributed by atoms with van der Waals surface area (Å²) in [5.41, 5.74) is 1.44. The molecule has 0 amide bonds. The maximum absolute atomic E-state index is 5.00. The van der Waals surface area contributed by atoms with Crippen molar-refractivity contribution >= 4 is 5.96 Å². The average Bonchev–Trinajstić information content (AvgIpc) is 3.23. The number of unbranched alkanes of at least 4 members (excludes halogenated alkanes) is 1. The molecule has 6 nitrogen and oxygen atoms in total. The fourth-order valence-corrected chi connectivity index (χ4v) is 5.36. The molecule has 2 aliphatic rings. The van der Waals surface area contributed by atoms with Crippen molar-refractivity contribution in [3.63, 3.8) is 0 Å². The van der Waals surface area contributed by atoms with Gasteiger partial charge in [-0.3, -0.25) is 9.89 Å². The van der Waals surface area contributed by atoms with E-state index < -0.39 is 0 Å². The topological polar surface area (TPSA) is 48.7 Å². The quantitative estimate of drug-likeness (QED) is 0.387. The molecular formula is C26H40N6. The Hall–Kier alpha value is -2.34. The van der Waals surface area contributed by atoms with Crippen LogP contribution < -0.4 is 5.32 Å². The highest BCUT2D eigenvalue weighted by Crippen LogP contribution is 2.31. The third-order valence-electron chi connectivity index (χ3n) is 7.04. The molecule has 2 saturated heterocycles. The Bertz CT molecular complexity index is 845. The van der Waals surface area contributed by atoms with E-state index in [0.29, 0.717) is 6.04 Å². The number of aryl methyl sites for hydroxylation is 2. The molecule has 2 fully saturated rings. The van der Waals surface area contributed by atoms with Crippen molar-refractivity contribution in [1.82, 2.24) is 24.7 Å². The summed E-state index contributed by atoms with van der Waals surface area (Å²) in [6.07, 6.45) is 10.1. The molecule has 3 heterocycles. The molecular weight excluding hydrogens is 396 g/mol. The van der Waals surface area contributed by atoms with Crippen LogP contribution in [0.2, 0.25) is 0 Å². The van der Waals surface area contributed by atoms with Gasteiger partial charge < -0.3 is 14.8 Å². The fraction of sp³-hybridized carbons (Fsp3) is 0.615. The molecule has 2 atom stereocenters. The number of likely N-dealkylation sites (tertiary alicyclic amines) is 2. The molecule has 2 aromatic rings. The number of benzene rings is 1. The van der Waals surface area contributed by atoms with Crippen LogP contribution in [0, 0.1) is 12.8 Å². The van der Waals surface area contributed by atoms with Gasteiger partial charge in [0, 0.05) is 57.7 Å². The third-order valence-corrected chi connectivity index (χ3v) is 7.04. The molecule has 174 valence electrons. The van der Waals surface area contributed by atoms with Crippen LogP contribution in [0.4, 0.5) is 0 Å². The zero-order valence-corrected chi connectivity index (χ0v) is 19.9. The first kappa shape index (κ1) is 22.8. The van der Waals surface area contributed by atoms with Gasteiger partial charge in [0.15, 0.2) is 5.96 Å². The van der Waals surface area contributed by atoms with Crippen LogP contribution in [0.1, 0.15) is 50.4 Å². The minimum Gasteiger partial charge on any atom is -0.357 e. The number of hydrogen-bond acceptors (Lipinski definition) is 3.